The van der Waals surface area contributed by atoms with Gasteiger partial charge in [0.25, 0.3) is 5.91 Å². The van der Waals surface area contributed by atoms with Gasteiger partial charge < -0.3 is 9.64 Å². The molecule has 0 radical (unpaired) electrons. The van der Waals surface area contributed by atoms with Gasteiger partial charge in [0.2, 0.25) is 5.88 Å². The third-order valence-corrected chi connectivity index (χ3v) is 4.10. The molecule has 21 heavy (non-hydrogen) atoms. The quantitative estimate of drug-likeness (QED) is 0.866. The summed E-state index contributed by atoms with van der Waals surface area (Å²) in [5.74, 6) is 0.480. The van der Waals surface area contributed by atoms with E-state index in [0.29, 0.717) is 18.1 Å². The second-order valence-corrected chi connectivity index (χ2v) is 5.99. The molecule has 0 spiro atoms. The Morgan fingerprint density at radius 2 is 2.38 bits per heavy atom. The Morgan fingerprint density at radius 1 is 1.48 bits per heavy atom. The largest absolute Gasteiger partial charge is 0.471 e. The van der Waals surface area contributed by atoms with Crippen LogP contribution in [0.5, 0.6) is 5.88 Å². The topological polar surface area (TPSA) is 68.2 Å². The highest BCUT2D eigenvalue weighted by Crippen LogP contribution is 2.18. The van der Waals surface area contributed by atoms with E-state index in [1.807, 2.05) is 12.3 Å². The van der Waals surface area contributed by atoms with Gasteiger partial charge in [0.05, 0.1) is 17.7 Å². The Kier molecular flexibility index (Phi) is 4.10. The Hall–Kier alpha value is -2.02. The van der Waals surface area contributed by atoms with Crippen molar-refractivity contribution < 1.29 is 9.53 Å². The van der Waals surface area contributed by atoms with Gasteiger partial charge in [-0.1, -0.05) is 0 Å². The molecular weight excluding hydrogens is 288 g/mol. The summed E-state index contributed by atoms with van der Waals surface area (Å²) < 4.78 is 5.79. The number of hydrogen-bond donors (Lipinski definition) is 0. The summed E-state index contributed by atoms with van der Waals surface area (Å²) >= 11 is 1.49. The van der Waals surface area contributed by atoms with Crippen molar-refractivity contribution in [2.75, 3.05) is 13.1 Å². The highest BCUT2D eigenvalue weighted by Gasteiger charge is 2.27. The molecule has 0 bridgehead atoms. The number of piperidine rings is 1. The van der Waals surface area contributed by atoms with Crippen molar-refractivity contribution in [2.45, 2.75) is 25.9 Å². The number of thiazole rings is 1. The first-order valence-electron chi connectivity index (χ1n) is 6.86. The van der Waals surface area contributed by atoms with Crippen LogP contribution >= 0.6 is 11.3 Å². The standard InChI is InChI=1S/C14H16N4O2S/c1-10-17-12(9-21-10)14(19)18-6-2-3-11(8-18)20-13-7-15-4-5-16-13/h4-5,7,9,11H,2-3,6,8H2,1H3/t11-/m1/s1. The summed E-state index contributed by atoms with van der Waals surface area (Å²) in [5.41, 5.74) is 0.526. The molecule has 3 rings (SSSR count). The maximum absolute atomic E-state index is 12.4. The summed E-state index contributed by atoms with van der Waals surface area (Å²) in [4.78, 5) is 26.5. The predicted octanol–water partition coefficient (Wildman–Crippen LogP) is 1.93. The van der Waals surface area contributed by atoms with Gasteiger partial charge in [0.1, 0.15) is 11.8 Å². The number of hydrogen-bond acceptors (Lipinski definition) is 6. The number of carbonyl (C=O) groups excluding carboxylic acids is 1. The first kappa shape index (κ1) is 13.9. The zero-order valence-corrected chi connectivity index (χ0v) is 12.5. The van der Waals surface area contributed by atoms with Crippen LogP contribution < -0.4 is 4.74 Å². The van der Waals surface area contributed by atoms with Crippen molar-refractivity contribution in [1.29, 1.82) is 0 Å². The zero-order valence-electron chi connectivity index (χ0n) is 11.7. The molecule has 2 aromatic rings. The second-order valence-electron chi connectivity index (χ2n) is 4.93. The molecule has 0 N–H and O–H groups in total. The molecule has 1 fully saturated rings. The van der Waals surface area contributed by atoms with E-state index in [1.165, 1.54) is 11.3 Å². The molecule has 1 atom stereocenters. The molecular formula is C14H16N4O2S. The van der Waals surface area contributed by atoms with Crippen molar-refractivity contribution in [3.8, 4) is 5.88 Å². The molecule has 0 unspecified atom stereocenters. The average Bonchev–Trinajstić information content (AvgIpc) is 2.94. The van der Waals surface area contributed by atoms with E-state index in [2.05, 4.69) is 15.0 Å². The molecule has 0 saturated carbocycles. The van der Waals surface area contributed by atoms with Crippen LogP contribution in [0.25, 0.3) is 0 Å². The fourth-order valence-corrected chi connectivity index (χ4v) is 2.95. The number of aryl methyl sites for hydroxylation is 1. The van der Waals surface area contributed by atoms with E-state index < -0.39 is 0 Å². The van der Waals surface area contributed by atoms with Crippen LogP contribution in [0.4, 0.5) is 0 Å². The second kappa shape index (κ2) is 6.17. The SMILES string of the molecule is Cc1nc(C(=O)N2CCC[C@@H](Oc3cnccn3)C2)cs1. The lowest BCUT2D eigenvalue weighted by Crippen LogP contribution is -2.44. The van der Waals surface area contributed by atoms with Gasteiger partial charge >= 0.3 is 0 Å². The third kappa shape index (κ3) is 3.36. The molecule has 3 heterocycles. The van der Waals surface area contributed by atoms with Crippen molar-refractivity contribution in [3.63, 3.8) is 0 Å². The Labute approximate surface area is 126 Å². The van der Waals surface area contributed by atoms with Gasteiger partial charge in [-0.05, 0) is 19.8 Å². The molecule has 6 nitrogen and oxygen atoms in total. The summed E-state index contributed by atoms with van der Waals surface area (Å²) in [6, 6.07) is 0. The molecule has 1 amide bonds. The summed E-state index contributed by atoms with van der Waals surface area (Å²) in [6.45, 7) is 3.21. The number of ether oxygens (including phenoxy) is 1. The number of rotatable bonds is 3. The van der Waals surface area contributed by atoms with Crippen LogP contribution in [-0.2, 0) is 0 Å². The molecule has 1 saturated heterocycles. The van der Waals surface area contributed by atoms with Crippen LogP contribution in [0, 0.1) is 6.92 Å². The zero-order chi connectivity index (χ0) is 14.7. The fourth-order valence-electron chi connectivity index (χ4n) is 2.36. The van der Waals surface area contributed by atoms with Gasteiger partial charge in [-0.2, -0.15) is 0 Å². The van der Waals surface area contributed by atoms with E-state index in [-0.39, 0.29) is 12.0 Å². The fraction of sp³-hybridized carbons (Fsp3) is 0.429. The smallest absolute Gasteiger partial charge is 0.273 e. The van der Waals surface area contributed by atoms with Gasteiger partial charge in [0.15, 0.2) is 0 Å². The van der Waals surface area contributed by atoms with Crippen LogP contribution in [-0.4, -0.2) is 45.0 Å². The van der Waals surface area contributed by atoms with Gasteiger partial charge in [-0.3, -0.25) is 9.78 Å². The van der Waals surface area contributed by atoms with E-state index in [0.717, 1.165) is 24.4 Å². The Balaban J connectivity index is 1.64. The van der Waals surface area contributed by atoms with Gasteiger partial charge in [-0.15, -0.1) is 11.3 Å². The minimum atomic E-state index is -0.0425. The lowest BCUT2D eigenvalue weighted by Gasteiger charge is -2.32. The number of carbonyl (C=O) groups is 1. The molecule has 0 aromatic carbocycles. The molecule has 110 valence electrons. The van der Waals surface area contributed by atoms with E-state index >= 15 is 0 Å². The highest BCUT2D eigenvalue weighted by atomic mass is 32.1. The van der Waals surface area contributed by atoms with Crippen LogP contribution in [0.1, 0.15) is 28.3 Å². The number of amides is 1. The van der Waals surface area contributed by atoms with Gasteiger partial charge in [-0.25, -0.2) is 9.97 Å². The highest BCUT2D eigenvalue weighted by molar-refractivity contribution is 7.09. The summed E-state index contributed by atoms with van der Waals surface area (Å²) in [6.07, 6.45) is 6.58. The van der Waals surface area contributed by atoms with Crippen molar-refractivity contribution >= 4 is 17.2 Å². The Bertz CT molecular complexity index is 616. The predicted molar refractivity (Wildman–Crippen MR) is 78.4 cm³/mol. The molecule has 2 aromatic heterocycles. The maximum Gasteiger partial charge on any atom is 0.273 e. The minimum Gasteiger partial charge on any atom is -0.471 e. The monoisotopic (exact) mass is 304 g/mol. The normalized spacial score (nSPS) is 18.5. The van der Waals surface area contributed by atoms with E-state index in [4.69, 9.17) is 4.74 Å². The summed E-state index contributed by atoms with van der Waals surface area (Å²) in [7, 11) is 0. The van der Waals surface area contributed by atoms with Crippen molar-refractivity contribution in [3.05, 3.63) is 34.7 Å². The number of aromatic nitrogens is 3. The van der Waals surface area contributed by atoms with Crippen molar-refractivity contribution in [1.82, 2.24) is 19.9 Å². The summed E-state index contributed by atoms with van der Waals surface area (Å²) in [5, 5.41) is 2.72. The number of likely N-dealkylation sites (tertiary alicyclic amines) is 1. The lowest BCUT2D eigenvalue weighted by molar-refractivity contribution is 0.0522. The van der Waals surface area contributed by atoms with Crippen molar-refractivity contribution in [2.24, 2.45) is 0 Å². The Morgan fingerprint density at radius 3 is 3.10 bits per heavy atom. The maximum atomic E-state index is 12.4. The molecule has 0 aliphatic carbocycles. The first-order chi connectivity index (χ1) is 10.2. The third-order valence-electron chi connectivity index (χ3n) is 3.33. The van der Waals surface area contributed by atoms with Crippen LogP contribution in [0.2, 0.25) is 0 Å². The molecule has 1 aliphatic rings. The minimum absolute atomic E-state index is 0.0215. The van der Waals surface area contributed by atoms with Crippen LogP contribution in [0.15, 0.2) is 24.0 Å². The number of nitrogens with zero attached hydrogens (tertiary/aromatic N) is 4. The molecule has 1 aliphatic heterocycles. The van der Waals surface area contributed by atoms with Crippen LogP contribution in [0.3, 0.4) is 0 Å². The van der Waals surface area contributed by atoms with E-state index in [1.54, 1.807) is 23.5 Å². The van der Waals surface area contributed by atoms with E-state index in [9.17, 15) is 4.79 Å². The lowest BCUT2D eigenvalue weighted by atomic mass is 10.1. The first-order valence-corrected chi connectivity index (χ1v) is 7.74. The average molecular weight is 304 g/mol. The molecule has 7 heteroatoms. The van der Waals surface area contributed by atoms with Gasteiger partial charge in [0, 0.05) is 24.3 Å².